The van der Waals surface area contributed by atoms with Gasteiger partial charge >= 0.3 is 0 Å². The molecule has 32 heavy (non-hydrogen) atoms. The second-order valence-electron chi connectivity index (χ2n) is 8.01. The van der Waals surface area contributed by atoms with Crippen LogP contribution in [0.4, 0.5) is 5.69 Å². The summed E-state index contributed by atoms with van der Waals surface area (Å²) in [5.74, 6) is 3.22. The van der Waals surface area contributed by atoms with Crippen LogP contribution < -0.4 is 9.47 Å². The van der Waals surface area contributed by atoms with Gasteiger partial charge in [-0.3, -0.25) is 4.79 Å². The fourth-order valence-corrected chi connectivity index (χ4v) is 4.95. The predicted octanol–water partition coefficient (Wildman–Crippen LogP) is 4.72. The van der Waals surface area contributed by atoms with Crippen LogP contribution in [0.2, 0.25) is 0 Å². The number of ether oxygens (including phenoxy) is 2. The van der Waals surface area contributed by atoms with E-state index in [0.29, 0.717) is 26.1 Å². The smallest absolute Gasteiger partial charge is 0.228 e. The summed E-state index contributed by atoms with van der Waals surface area (Å²) in [5.41, 5.74) is 1.72. The SMILES string of the molecule is COc1ccc2c(c1)Oc1ccccc1N=C2N1CCN(C(=O)Cc2cccs2)C(C)C1. The molecule has 6 nitrogen and oxygen atoms in total. The zero-order chi connectivity index (χ0) is 22.1. The fraction of sp³-hybridized carbons (Fsp3) is 0.280. The first-order valence-electron chi connectivity index (χ1n) is 10.7. The number of hydrogen-bond acceptors (Lipinski definition) is 6. The third-order valence-electron chi connectivity index (χ3n) is 5.89. The number of hydrogen-bond donors (Lipinski definition) is 0. The normalized spacial score (nSPS) is 17.6. The Bertz CT molecular complexity index is 1160. The maximum absolute atomic E-state index is 12.9. The molecule has 164 valence electrons. The Morgan fingerprint density at radius 1 is 1.16 bits per heavy atom. The minimum absolute atomic E-state index is 0.0834. The number of aliphatic imine (C=N–C) groups is 1. The van der Waals surface area contributed by atoms with Crippen LogP contribution in [-0.2, 0) is 11.2 Å². The summed E-state index contributed by atoms with van der Waals surface area (Å²) in [6, 6.07) is 17.7. The lowest BCUT2D eigenvalue weighted by Gasteiger charge is -2.41. The van der Waals surface area contributed by atoms with Crippen LogP contribution in [0.25, 0.3) is 0 Å². The van der Waals surface area contributed by atoms with Crippen molar-refractivity contribution in [1.29, 1.82) is 0 Å². The number of amidine groups is 1. The molecule has 1 saturated heterocycles. The molecule has 0 radical (unpaired) electrons. The Hall–Kier alpha value is -3.32. The minimum atomic E-state index is 0.0834. The first-order valence-corrected chi connectivity index (χ1v) is 11.6. The molecule has 1 atom stereocenters. The van der Waals surface area contributed by atoms with Gasteiger partial charge in [0.2, 0.25) is 5.91 Å². The maximum atomic E-state index is 12.9. The van der Waals surface area contributed by atoms with Gasteiger partial charge in [0.05, 0.1) is 19.1 Å². The molecule has 0 aliphatic carbocycles. The zero-order valence-electron chi connectivity index (χ0n) is 18.2. The van der Waals surface area contributed by atoms with E-state index in [4.69, 9.17) is 14.5 Å². The molecular weight excluding hydrogens is 422 g/mol. The van der Waals surface area contributed by atoms with E-state index in [1.54, 1.807) is 18.4 Å². The monoisotopic (exact) mass is 447 g/mol. The molecule has 1 amide bonds. The van der Waals surface area contributed by atoms with Gasteiger partial charge in [0, 0.05) is 36.6 Å². The summed E-state index contributed by atoms with van der Waals surface area (Å²) >= 11 is 1.63. The number of thiophene rings is 1. The summed E-state index contributed by atoms with van der Waals surface area (Å²) in [7, 11) is 1.65. The number of carbonyl (C=O) groups excluding carboxylic acids is 1. The van der Waals surface area contributed by atoms with Gasteiger partial charge in [-0.15, -0.1) is 11.3 Å². The molecule has 1 unspecified atom stereocenters. The van der Waals surface area contributed by atoms with Crippen LogP contribution in [0.15, 0.2) is 65.0 Å². The molecular formula is C25H25N3O3S. The highest BCUT2D eigenvalue weighted by Crippen LogP contribution is 2.39. The number of benzene rings is 2. The van der Waals surface area contributed by atoms with Crippen LogP contribution >= 0.6 is 11.3 Å². The van der Waals surface area contributed by atoms with Crippen molar-refractivity contribution in [2.75, 3.05) is 26.7 Å². The van der Waals surface area contributed by atoms with E-state index in [9.17, 15) is 4.79 Å². The molecule has 7 heteroatoms. The number of amides is 1. The van der Waals surface area contributed by atoms with Crippen molar-refractivity contribution in [3.05, 3.63) is 70.4 Å². The van der Waals surface area contributed by atoms with E-state index >= 15 is 0 Å². The van der Waals surface area contributed by atoms with E-state index in [0.717, 1.165) is 39.2 Å². The van der Waals surface area contributed by atoms with Crippen LogP contribution in [-0.4, -0.2) is 54.3 Å². The van der Waals surface area contributed by atoms with Gasteiger partial charge < -0.3 is 19.3 Å². The Labute approximate surface area is 191 Å². The highest BCUT2D eigenvalue weighted by atomic mass is 32.1. The van der Waals surface area contributed by atoms with Gasteiger partial charge in [-0.25, -0.2) is 4.99 Å². The third-order valence-corrected chi connectivity index (χ3v) is 6.77. The van der Waals surface area contributed by atoms with Crippen molar-refractivity contribution in [3.63, 3.8) is 0 Å². The summed E-state index contributed by atoms with van der Waals surface area (Å²) in [6.45, 7) is 4.20. The van der Waals surface area contributed by atoms with Crippen LogP contribution in [0.3, 0.4) is 0 Å². The van der Waals surface area contributed by atoms with E-state index in [2.05, 4.69) is 11.8 Å². The molecule has 0 spiro atoms. The van der Waals surface area contributed by atoms with Crippen LogP contribution in [0, 0.1) is 0 Å². The molecule has 2 aliphatic rings. The average Bonchev–Trinajstić information content (AvgIpc) is 3.25. The molecule has 3 aromatic rings. The highest BCUT2D eigenvalue weighted by Gasteiger charge is 2.31. The predicted molar refractivity (Wildman–Crippen MR) is 126 cm³/mol. The standard InChI is InChI=1S/C25H25N3O3S/c1-17-16-27(11-12-28(17)24(29)15-19-6-5-13-32-19)25-20-10-9-18(30-2)14-23(20)31-22-8-4-3-7-21(22)26-25/h3-10,13-14,17H,11-12,15-16H2,1-2H3. The first-order chi connectivity index (χ1) is 15.6. The number of carbonyl (C=O) groups is 1. The fourth-order valence-electron chi connectivity index (χ4n) is 4.25. The van der Waals surface area contributed by atoms with Gasteiger partial charge in [0.1, 0.15) is 23.0 Å². The Morgan fingerprint density at radius 2 is 2.03 bits per heavy atom. The summed E-state index contributed by atoms with van der Waals surface area (Å²) in [6.07, 6.45) is 0.465. The minimum Gasteiger partial charge on any atom is -0.497 e. The van der Waals surface area contributed by atoms with E-state index in [-0.39, 0.29) is 11.9 Å². The molecule has 2 aliphatic heterocycles. The average molecular weight is 448 g/mol. The van der Waals surface area contributed by atoms with Crippen molar-refractivity contribution < 1.29 is 14.3 Å². The Morgan fingerprint density at radius 3 is 2.81 bits per heavy atom. The third kappa shape index (κ3) is 3.96. The molecule has 0 saturated carbocycles. The van der Waals surface area contributed by atoms with E-state index in [1.165, 1.54) is 0 Å². The van der Waals surface area contributed by atoms with Gasteiger partial charge in [-0.05, 0) is 42.6 Å². The van der Waals surface area contributed by atoms with Crippen molar-refractivity contribution in [2.24, 2.45) is 4.99 Å². The van der Waals surface area contributed by atoms with Gasteiger partial charge in [0.15, 0.2) is 5.75 Å². The van der Waals surface area contributed by atoms with E-state index in [1.807, 2.05) is 64.9 Å². The van der Waals surface area contributed by atoms with Crippen LogP contribution in [0.5, 0.6) is 17.2 Å². The topological polar surface area (TPSA) is 54.4 Å². The van der Waals surface area contributed by atoms with Gasteiger partial charge in [-0.2, -0.15) is 0 Å². The summed E-state index contributed by atoms with van der Waals surface area (Å²) in [5, 5.41) is 2.01. The lowest BCUT2D eigenvalue weighted by Crippen LogP contribution is -2.55. The lowest BCUT2D eigenvalue weighted by molar-refractivity contribution is -0.134. The quantitative estimate of drug-likeness (QED) is 0.583. The van der Waals surface area contributed by atoms with Crippen molar-refractivity contribution in [2.45, 2.75) is 19.4 Å². The van der Waals surface area contributed by atoms with E-state index < -0.39 is 0 Å². The van der Waals surface area contributed by atoms with Gasteiger partial charge in [-0.1, -0.05) is 18.2 Å². The zero-order valence-corrected chi connectivity index (χ0v) is 19.0. The molecule has 0 bridgehead atoms. The summed E-state index contributed by atoms with van der Waals surface area (Å²) in [4.78, 5) is 23.3. The van der Waals surface area contributed by atoms with Gasteiger partial charge in [0.25, 0.3) is 0 Å². The molecule has 2 aromatic carbocycles. The molecule has 1 fully saturated rings. The maximum Gasteiger partial charge on any atom is 0.228 e. The summed E-state index contributed by atoms with van der Waals surface area (Å²) < 4.78 is 11.6. The number of fused-ring (bicyclic) bond motifs is 2. The molecule has 1 aromatic heterocycles. The van der Waals surface area contributed by atoms with Crippen molar-refractivity contribution in [3.8, 4) is 17.2 Å². The van der Waals surface area contributed by atoms with Crippen molar-refractivity contribution in [1.82, 2.24) is 9.80 Å². The Kier molecular flexibility index (Phi) is 5.57. The van der Waals surface area contributed by atoms with Crippen LogP contribution in [0.1, 0.15) is 17.4 Å². The Balaban J connectivity index is 1.43. The number of nitrogens with zero attached hydrogens (tertiary/aromatic N) is 3. The number of rotatable bonds is 3. The highest BCUT2D eigenvalue weighted by molar-refractivity contribution is 7.10. The number of para-hydroxylation sites is 2. The second kappa shape index (κ2) is 8.67. The molecule has 0 N–H and O–H groups in total. The number of piperazine rings is 1. The molecule has 5 rings (SSSR count). The first kappa shape index (κ1) is 20.6. The lowest BCUT2D eigenvalue weighted by atomic mass is 10.1. The number of methoxy groups -OCH3 is 1. The molecule has 3 heterocycles. The largest absolute Gasteiger partial charge is 0.497 e. The second-order valence-corrected chi connectivity index (χ2v) is 9.04. The van der Waals surface area contributed by atoms with Crippen molar-refractivity contribution >= 4 is 28.8 Å².